The predicted molar refractivity (Wildman–Crippen MR) is 103 cm³/mol. The Balaban J connectivity index is 3.87. The Hall–Kier alpha value is -2.10. The van der Waals surface area contributed by atoms with Gasteiger partial charge in [0.25, 0.3) is 0 Å². The van der Waals surface area contributed by atoms with Crippen LogP contribution in [0.1, 0.15) is 96.8 Å². The third-order valence-corrected chi connectivity index (χ3v) is 4.32. The minimum Gasteiger partial charge on any atom is -0.294 e. The molecule has 0 aliphatic rings. The van der Waals surface area contributed by atoms with Gasteiger partial charge in [-0.25, -0.2) is 0 Å². The van der Waals surface area contributed by atoms with Gasteiger partial charge in [0, 0.05) is 45.9 Å². The fourth-order valence-electron chi connectivity index (χ4n) is 2.66. The van der Waals surface area contributed by atoms with E-state index >= 15 is 0 Å². The van der Waals surface area contributed by atoms with E-state index in [1.165, 1.54) is 12.1 Å². The highest BCUT2D eigenvalue weighted by atomic mass is 16.1. The summed E-state index contributed by atoms with van der Waals surface area (Å²) in [6.45, 7) is 14.0. The van der Waals surface area contributed by atoms with Crippen molar-refractivity contribution < 1.29 is 19.2 Å². The van der Waals surface area contributed by atoms with Crippen LogP contribution in [-0.4, -0.2) is 23.1 Å². The standard InChI is InChI=1S/C22H30O4/c1-11(2)19(23)15-9-17(21(25)13(5)6)18(22(26)14(7)8)10-16(15)20(24)12(3)4/h9-14H,1-8H3. The number of rotatable bonds is 8. The maximum atomic E-state index is 12.7. The summed E-state index contributed by atoms with van der Waals surface area (Å²) in [6.07, 6.45) is 0. The summed E-state index contributed by atoms with van der Waals surface area (Å²) in [5.74, 6) is -2.06. The van der Waals surface area contributed by atoms with Crippen LogP contribution in [0.15, 0.2) is 12.1 Å². The van der Waals surface area contributed by atoms with E-state index in [1.54, 1.807) is 55.4 Å². The van der Waals surface area contributed by atoms with Crippen molar-refractivity contribution >= 4 is 23.1 Å². The van der Waals surface area contributed by atoms with E-state index in [0.717, 1.165) is 0 Å². The van der Waals surface area contributed by atoms with Crippen molar-refractivity contribution in [1.29, 1.82) is 0 Å². The van der Waals surface area contributed by atoms with E-state index in [2.05, 4.69) is 0 Å². The quantitative estimate of drug-likeness (QED) is 0.610. The van der Waals surface area contributed by atoms with Crippen LogP contribution in [0.4, 0.5) is 0 Å². The molecular weight excluding hydrogens is 328 g/mol. The molecule has 0 aliphatic carbocycles. The van der Waals surface area contributed by atoms with Crippen molar-refractivity contribution in [3.05, 3.63) is 34.4 Å². The van der Waals surface area contributed by atoms with Crippen molar-refractivity contribution in [2.45, 2.75) is 55.4 Å². The molecule has 26 heavy (non-hydrogen) atoms. The lowest BCUT2D eigenvalue weighted by molar-refractivity contribution is 0.0894. The molecule has 0 fully saturated rings. The first-order valence-corrected chi connectivity index (χ1v) is 9.24. The molecule has 0 aliphatic heterocycles. The zero-order chi connectivity index (χ0) is 20.3. The van der Waals surface area contributed by atoms with E-state index < -0.39 is 0 Å². The Morgan fingerprint density at radius 3 is 0.731 bits per heavy atom. The highest BCUT2D eigenvalue weighted by Gasteiger charge is 2.28. The number of hydrogen-bond donors (Lipinski definition) is 0. The molecule has 1 rings (SSSR count). The predicted octanol–water partition coefficient (Wildman–Crippen LogP) is 5.04. The van der Waals surface area contributed by atoms with Gasteiger partial charge < -0.3 is 0 Å². The molecule has 1 aromatic carbocycles. The second-order valence-corrected chi connectivity index (χ2v) is 8.02. The molecule has 0 radical (unpaired) electrons. The monoisotopic (exact) mass is 358 g/mol. The Morgan fingerprint density at radius 1 is 0.462 bits per heavy atom. The van der Waals surface area contributed by atoms with Crippen LogP contribution in [0.2, 0.25) is 0 Å². The van der Waals surface area contributed by atoms with E-state index in [9.17, 15) is 19.2 Å². The van der Waals surface area contributed by atoms with Crippen LogP contribution < -0.4 is 0 Å². The maximum absolute atomic E-state index is 12.7. The van der Waals surface area contributed by atoms with Gasteiger partial charge in [-0.15, -0.1) is 0 Å². The third kappa shape index (κ3) is 4.54. The highest BCUT2D eigenvalue weighted by Crippen LogP contribution is 2.26. The number of hydrogen-bond acceptors (Lipinski definition) is 4. The summed E-state index contributed by atoms with van der Waals surface area (Å²) in [5, 5.41) is 0. The number of ketones is 4. The SMILES string of the molecule is CC(C)C(=O)c1cc(C(=O)C(C)C)c(C(=O)C(C)C)cc1C(=O)C(C)C. The zero-order valence-electron chi connectivity index (χ0n) is 17.1. The fourth-order valence-corrected chi connectivity index (χ4v) is 2.66. The summed E-state index contributed by atoms with van der Waals surface area (Å²) in [6, 6.07) is 2.94. The number of Topliss-reactive ketones (excluding diaryl/α,β-unsaturated/α-hetero) is 4. The summed E-state index contributed by atoms with van der Waals surface area (Å²) in [4.78, 5) is 50.8. The molecule has 0 spiro atoms. The van der Waals surface area contributed by atoms with Crippen molar-refractivity contribution in [2.75, 3.05) is 0 Å². The first-order valence-electron chi connectivity index (χ1n) is 9.24. The van der Waals surface area contributed by atoms with Crippen molar-refractivity contribution in [1.82, 2.24) is 0 Å². The Bertz CT molecular complexity index is 615. The molecule has 0 saturated carbocycles. The lowest BCUT2D eigenvalue weighted by Gasteiger charge is -2.18. The van der Waals surface area contributed by atoms with Crippen LogP contribution in [-0.2, 0) is 0 Å². The minimum absolute atomic E-state index is 0.199. The van der Waals surface area contributed by atoms with Crippen LogP contribution >= 0.6 is 0 Å². The molecule has 0 bridgehead atoms. The molecule has 0 atom stereocenters. The van der Waals surface area contributed by atoms with Gasteiger partial charge in [-0.1, -0.05) is 55.4 Å². The smallest absolute Gasteiger partial charge is 0.166 e. The van der Waals surface area contributed by atoms with E-state index in [1.807, 2.05) is 0 Å². The molecule has 0 aromatic heterocycles. The molecule has 0 heterocycles. The van der Waals surface area contributed by atoms with Gasteiger partial charge in [0.1, 0.15) is 0 Å². The molecule has 0 amide bonds. The van der Waals surface area contributed by atoms with Crippen molar-refractivity contribution in [2.24, 2.45) is 23.7 Å². The average molecular weight is 358 g/mol. The normalized spacial score (nSPS) is 11.5. The second-order valence-electron chi connectivity index (χ2n) is 8.02. The van der Waals surface area contributed by atoms with Gasteiger partial charge in [-0.2, -0.15) is 0 Å². The molecule has 1 aromatic rings. The Kier molecular flexibility index (Phi) is 7.19. The molecule has 0 saturated heterocycles. The average Bonchev–Trinajstić information content (AvgIpc) is 2.57. The minimum atomic E-state index is -0.317. The first kappa shape index (κ1) is 21.9. The van der Waals surface area contributed by atoms with Gasteiger partial charge in [0.15, 0.2) is 23.1 Å². The number of carbonyl (C=O) groups excluding carboxylic acids is 4. The first-order chi connectivity index (χ1) is 11.9. The summed E-state index contributed by atoms with van der Waals surface area (Å²) < 4.78 is 0. The summed E-state index contributed by atoms with van der Waals surface area (Å²) in [5.41, 5.74) is 0.956. The highest BCUT2D eigenvalue weighted by molar-refractivity contribution is 6.16. The van der Waals surface area contributed by atoms with E-state index in [4.69, 9.17) is 0 Å². The van der Waals surface area contributed by atoms with Gasteiger partial charge in [-0.05, 0) is 12.1 Å². The Labute approximate surface area is 156 Å². The lowest BCUT2D eigenvalue weighted by atomic mass is 9.83. The third-order valence-electron chi connectivity index (χ3n) is 4.32. The zero-order valence-corrected chi connectivity index (χ0v) is 17.1. The fraction of sp³-hybridized carbons (Fsp3) is 0.545. The molecule has 4 nitrogen and oxygen atoms in total. The van der Waals surface area contributed by atoms with Gasteiger partial charge in [-0.3, -0.25) is 19.2 Å². The van der Waals surface area contributed by atoms with Crippen LogP contribution in [0.5, 0.6) is 0 Å². The van der Waals surface area contributed by atoms with Crippen molar-refractivity contribution in [3.63, 3.8) is 0 Å². The van der Waals surface area contributed by atoms with Gasteiger partial charge >= 0.3 is 0 Å². The Morgan fingerprint density at radius 2 is 0.615 bits per heavy atom. The second kappa shape index (κ2) is 8.52. The van der Waals surface area contributed by atoms with Crippen LogP contribution in [0.25, 0.3) is 0 Å². The maximum Gasteiger partial charge on any atom is 0.166 e. The van der Waals surface area contributed by atoms with Crippen molar-refractivity contribution in [3.8, 4) is 0 Å². The van der Waals surface area contributed by atoms with Gasteiger partial charge in [0.2, 0.25) is 0 Å². The molecule has 0 unspecified atom stereocenters. The molecular formula is C22H30O4. The topological polar surface area (TPSA) is 68.3 Å². The number of carbonyl (C=O) groups is 4. The van der Waals surface area contributed by atoms with E-state index in [0.29, 0.717) is 0 Å². The molecule has 0 N–H and O–H groups in total. The summed E-state index contributed by atoms with van der Waals surface area (Å²) >= 11 is 0. The largest absolute Gasteiger partial charge is 0.294 e. The van der Waals surface area contributed by atoms with Crippen LogP contribution in [0, 0.1) is 23.7 Å². The van der Waals surface area contributed by atoms with Crippen LogP contribution in [0.3, 0.4) is 0 Å². The number of benzene rings is 1. The molecule has 4 heteroatoms. The summed E-state index contributed by atoms with van der Waals surface area (Å²) in [7, 11) is 0. The van der Waals surface area contributed by atoms with Gasteiger partial charge in [0.05, 0.1) is 0 Å². The molecule has 142 valence electrons. The lowest BCUT2D eigenvalue weighted by Crippen LogP contribution is -2.23. The van der Waals surface area contributed by atoms with E-state index in [-0.39, 0.29) is 69.1 Å².